The van der Waals surface area contributed by atoms with Gasteiger partial charge in [0, 0.05) is 5.02 Å². The van der Waals surface area contributed by atoms with Crippen molar-refractivity contribution in [3.05, 3.63) is 28.8 Å². The maximum absolute atomic E-state index is 12.1. The zero-order valence-electron chi connectivity index (χ0n) is 10.7. The van der Waals surface area contributed by atoms with Crippen LogP contribution < -0.4 is 22.3 Å². The topological polar surface area (TPSA) is 110 Å². The number of carbonyl (C=O) groups excluding carboxylic acids is 2. The van der Waals surface area contributed by atoms with Crippen molar-refractivity contribution in [1.82, 2.24) is 5.32 Å². The Morgan fingerprint density at radius 2 is 1.95 bits per heavy atom. The summed E-state index contributed by atoms with van der Waals surface area (Å²) in [5.74, 6) is 4.15. The van der Waals surface area contributed by atoms with Crippen molar-refractivity contribution < 1.29 is 9.59 Å². The Kier molecular flexibility index (Phi) is 5.14. The Labute approximate surface area is 116 Å². The van der Waals surface area contributed by atoms with Crippen LogP contribution in [0.1, 0.15) is 24.2 Å². The van der Waals surface area contributed by atoms with Gasteiger partial charge in [0.05, 0.1) is 11.3 Å². The van der Waals surface area contributed by atoms with Gasteiger partial charge < -0.3 is 16.5 Å². The van der Waals surface area contributed by atoms with Crippen molar-refractivity contribution in [2.45, 2.75) is 19.9 Å². The second-order valence-corrected chi connectivity index (χ2v) is 4.87. The van der Waals surface area contributed by atoms with E-state index >= 15 is 0 Å². The molecule has 6 N–H and O–H groups in total. The summed E-state index contributed by atoms with van der Waals surface area (Å²) in [5, 5.41) is 2.96. The lowest BCUT2D eigenvalue weighted by atomic mass is 10.0. The van der Waals surface area contributed by atoms with E-state index in [1.54, 1.807) is 26.0 Å². The van der Waals surface area contributed by atoms with Crippen LogP contribution in [0.15, 0.2) is 18.2 Å². The molecule has 0 aromatic heterocycles. The number of primary amides is 1. The number of hydrogen-bond donors (Lipinski definition) is 4. The fourth-order valence-corrected chi connectivity index (χ4v) is 1.79. The number of hydrazine groups is 1. The van der Waals surface area contributed by atoms with E-state index in [-0.39, 0.29) is 11.5 Å². The third-order valence-electron chi connectivity index (χ3n) is 2.64. The molecule has 0 spiro atoms. The molecule has 1 aromatic carbocycles. The zero-order valence-corrected chi connectivity index (χ0v) is 11.5. The number of nitrogen functional groups attached to an aromatic ring is 1. The standard InChI is InChI=1S/C12H17ClN4O2/c1-6(2)10(11(14)18)16-12(19)8-5-7(13)3-4-9(8)17-15/h3-6,10,17H,15H2,1-2H3,(H2,14,18)(H,16,19). The Hall–Kier alpha value is -1.79. The molecule has 1 atom stereocenters. The summed E-state index contributed by atoms with van der Waals surface area (Å²) < 4.78 is 0. The number of nitrogens with one attached hydrogen (secondary N) is 2. The fourth-order valence-electron chi connectivity index (χ4n) is 1.62. The Morgan fingerprint density at radius 1 is 1.32 bits per heavy atom. The van der Waals surface area contributed by atoms with Crippen molar-refractivity contribution in [3.63, 3.8) is 0 Å². The van der Waals surface area contributed by atoms with E-state index in [4.69, 9.17) is 23.2 Å². The van der Waals surface area contributed by atoms with Gasteiger partial charge in [0.1, 0.15) is 6.04 Å². The van der Waals surface area contributed by atoms with Crippen LogP contribution in [0.25, 0.3) is 0 Å². The van der Waals surface area contributed by atoms with Crippen molar-refractivity contribution >= 4 is 29.1 Å². The van der Waals surface area contributed by atoms with Crippen LogP contribution in [0.2, 0.25) is 5.02 Å². The Morgan fingerprint density at radius 3 is 2.42 bits per heavy atom. The minimum atomic E-state index is -0.753. The molecule has 1 rings (SSSR count). The van der Waals surface area contributed by atoms with Gasteiger partial charge in [0.25, 0.3) is 5.91 Å². The molecular formula is C12H17ClN4O2. The van der Waals surface area contributed by atoms with Crippen LogP contribution in [0.4, 0.5) is 5.69 Å². The number of carbonyl (C=O) groups is 2. The molecule has 0 aliphatic heterocycles. The highest BCUT2D eigenvalue weighted by atomic mass is 35.5. The normalized spacial score (nSPS) is 12.1. The summed E-state index contributed by atoms with van der Waals surface area (Å²) in [5.41, 5.74) is 8.31. The zero-order chi connectivity index (χ0) is 14.6. The minimum Gasteiger partial charge on any atom is -0.368 e. The number of amides is 2. The van der Waals surface area contributed by atoms with Gasteiger partial charge in [-0.05, 0) is 24.1 Å². The summed E-state index contributed by atoms with van der Waals surface area (Å²) in [6, 6.07) is 3.88. The summed E-state index contributed by atoms with van der Waals surface area (Å²) in [4.78, 5) is 23.4. The second kappa shape index (κ2) is 6.40. The third kappa shape index (κ3) is 3.84. The first kappa shape index (κ1) is 15.3. The molecule has 1 aromatic rings. The maximum Gasteiger partial charge on any atom is 0.254 e. The van der Waals surface area contributed by atoms with Crippen LogP contribution in [-0.4, -0.2) is 17.9 Å². The fraction of sp³-hybridized carbons (Fsp3) is 0.333. The number of halogens is 1. The van der Waals surface area contributed by atoms with E-state index in [0.717, 1.165) is 0 Å². The smallest absolute Gasteiger partial charge is 0.254 e. The van der Waals surface area contributed by atoms with Crippen molar-refractivity contribution in [2.75, 3.05) is 5.43 Å². The van der Waals surface area contributed by atoms with Crippen LogP contribution in [-0.2, 0) is 4.79 Å². The maximum atomic E-state index is 12.1. The highest BCUT2D eigenvalue weighted by molar-refractivity contribution is 6.31. The average molecular weight is 285 g/mol. The molecule has 6 nitrogen and oxygen atoms in total. The lowest BCUT2D eigenvalue weighted by Crippen LogP contribution is -2.47. The number of anilines is 1. The van der Waals surface area contributed by atoms with E-state index in [2.05, 4.69) is 10.7 Å². The molecular weight excluding hydrogens is 268 g/mol. The summed E-state index contributed by atoms with van der Waals surface area (Å²) in [6.45, 7) is 3.57. The van der Waals surface area contributed by atoms with Crippen LogP contribution in [0, 0.1) is 5.92 Å². The lowest BCUT2D eigenvalue weighted by Gasteiger charge is -2.19. The van der Waals surface area contributed by atoms with Gasteiger partial charge in [-0.1, -0.05) is 25.4 Å². The number of benzene rings is 1. The average Bonchev–Trinajstić information content (AvgIpc) is 2.34. The molecule has 0 bridgehead atoms. The molecule has 0 saturated heterocycles. The van der Waals surface area contributed by atoms with E-state index in [9.17, 15) is 9.59 Å². The number of rotatable bonds is 5. The van der Waals surface area contributed by atoms with E-state index in [1.807, 2.05) is 0 Å². The first-order valence-electron chi connectivity index (χ1n) is 5.73. The minimum absolute atomic E-state index is 0.116. The SMILES string of the molecule is CC(C)C(NC(=O)c1cc(Cl)ccc1NN)C(N)=O. The van der Waals surface area contributed by atoms with Gasteiger partial charge in [-0.25, -0.2) is 0 Å². The van der Waals surface area contributed by atoms with Gasteiger partial charge in [-0.15, -0.1) is 0 Å². The second-order valence-electron chi connectivity index (χ2n) is 4.43. The molecule has 1 unspecified atom stereocenters. The van der Waals surface area contributed by atoms with E-state index < -0.39 is 17.9 Å². The summed E-state index contributed by atoms with van der Waals surface area (Å²) >= 11 is 5.84. The van der Waals surface area contributed by atoms with E-state index in [0.29, 0.717) is 10.7 Å². The molecule has 0 heterocycles. The number of hydrogen-bond acceptors (Lipinski definition) is 4. The van der Waals surface area contributed by atoms with Crippen molar-refractivity contribution in [2.24, 2.45) is 17.5 Å². The summed E-state index contributed by atoms with van der Waals surface area (Å²) in [7, 11) is 0. The van der Waals surface area contributed by atoms with Crippen molar-refractivity contribution in [1.29, 1.82) is 0 Å². The third-order valence-corrected chi connectivity index (χ3v) is 2.88. The van der Waals surface area contributed by atoms with E-state index in [1.165, 1.54) is 6.07 Å². The highest BCUT2D eigenvalue weighted by Gasteiger charge is 2.23. The van der Waals surface area contributed by atoms with Gasteiger partial charge >= 0.3 is 0 Å². The molecule has 0 aliphatic rings. The monoisotopic (exact) mass is 284 g/mol. The van der Waals surface area contributed by atoms with Gasteiger partial charge in [-0.3, -0.25) is 15.4 Å². The molecule has 7 heteroatoms. The quantitative estimate of drug-likeness (QED) is 0.475. The molecule has 104 valence electrons. The Balaban J connectivity index is 3.00. The predicted molar refractivity (Wildman–Crippen MR) is 74.5 cm³/mol. The lowest BCUT2D eigenvalue weighted by molar-refractivity contribution is -0.120. The Bertz CT molecular complexity index is 491. The largest absolute Gasteiger partial charge is 0.368 e. The van der Waals surface area contributed by atoms with Crippen LogP contribution in [0.3, 0.4) is 0 Å². The number of nitrogens with two attached hydrogens (primary N) is 2. The molecule has 0 aliphatic carbocycles. The van der Waals surface area contributed by atoms with Crippen LogP contribution >= 0.6 is 11.6 Å². The first-order valence-corrected chi connectivity index (χ1v) is 6.11. The van der Waals surface area contributed by atoms with Gasteiger partial charge in [0.2, 0.25) is 5.91 Å². The predicted octanol–water partition coefficient (Wildman–Crippen LogP) is 0.865. The van der Waals surface area contributed by atoms with Crippen LogP contribution in [0.5, 0.6) is 0 Å². The molecule has 2 amide bonds. The first-order chi connectivity index (χ1) is 8.86. The molecule has 0 fully saturated rings. The molecule has 0 radical (unpaired) electrons. The van der Waals surface area contributed by atoms with Crippen molar-refractivity contribution in [3.8, 4) is 0 Å². The summed E-state index contributed by atoms with van der Waals surface area (Å²) in [6.07, 6.45) is 0. The molecule has 0 saturated carbocycles. The van der Waals surface area contributed by atoms with Gasteiger partial charge in [-0.2, -0.15) is 0 Å². The molecule has 19 heavy (non-hydrogen) atoms. The van der Waals surface area contributed by atoms with Gasteiger partial charge in [0.15, 0.2) is 0 Å². The highest BCUT2D eigenvalue weighted by Crippen LogP contribution is 2.20.